The van der Waals surface area contributed by atoms with E-state index in [-0.39, 0.29) is 6.10 Å². The summed E-state index contributed by atoms with van der Waals surface area (Å²) in [6.45, 7) is 1.67. The molecule has 0 spiro atoms. The van der Waals surface area contributed by atoms with Gasteiger partial charge in [-0.05, 0) is 24.6 Å². The number of fused-ring (bicyclic) bond motifs is 1. The molecular formula is C11H13N3O. The lowest BCUT2D eigenvalue weighted by atomic mass is 10.2. The van der Waals surface area contributed by atoms with Gasteiger partial charge in [0.2, 0.25) is 0 Å². The summed E-state index contributed by atoms with van der Waals surface area (Å²) in [6.07, 6.45) is 2.50. The van der Waals surface area contributed by atoms with Crippen LogP contribution in [0.5, 0.6) is 0 Å². The second-order valence-corrected chi connectivity index (χ2v) is 4.03. The lowest BCUT2D eigenvalue weighted by Gasteiger charge is -2.17. The third kappa shape index (κ3) is 1.47. The first kappa shape index (κ1) is 8.73. The number of hydrogen-bond acceptors (Lipinski definition) is 3. The molecule has 0 bridgehead atoms. The van der Waals surface area contributed by atoms with Gasteiger partial charge in [-0.15, -0.1) is 0 Å². The predicted molar refractivity (Wildman–Crippen MR) is 58.9 cm³/mol. The molecule has 1 aromatic heterocycles. The first-order valence-corrected chi connectivity index (χ1v) is 5.19. The first-order valence-electron chi connectivity index (χ1n) is 5.19. The lowest BCUT2D eigenvalue weighted by molar-refractivity contribution is 0.198. The second-order valence-electron chi connectivity index (χ2n) is 4.03. The maximum absolute atomic E-state index is 9.47. The van der Waals surface area contributed by atoms with E-state index < -0.39 is 0 Å². The van der Waals surface area contributed by atoms with Crippen molar-refractivity contribution in [1.29, 1.82) is 0 Å². The minimum atomic E-state index is -0.178. The van der Waals surface area contributed by atoms with Gasteiger partial charge in [-0.25, -0.2) is 0 Å². The topological polar surface area (TPSA) is 52.1 Å². The Morgan fingerprint density at radius 1 is 1.47 bits per heavy atom. The SMILES string of the molecule is OC1CCN(c2ccc3cn[nH]c3c2)C1. The molecule has 1 saturated heterocycles. The highest BCUT2D eigenvalue weighted by Gasteiger charge is 2.20. The van der Waals surface area contributed by atoms with Gasteiger partial charge in [0.05, 0.1) is 17.8 Å². The van der Waals surface area contributed by atoms with Crippen LogP contribution in [0.15, 0.2) is 24.4 Å². The fourth-order valence-corrected chi connectivity index (χ4v) is 2.10. The van der Waals surface area contributed by atoms with E-state index in [2.05, 4.69) is 33.3 Å². The molecule has 2 N–H and O–H groups in total. The summed E-state index contributed by atoms with van der Waals surface area (Å²) in [5.74, 6) is 0. The van der Waals surface area contributed by atoms with Crippen molar-refractivity contribution < 1.29 is 5.11 Å². The molecule has 15 heavy (non-hydrogen) atoms. The summed E-state index contributed by atoms with van der Waals surface area (Å²) in [4.78, 5) is 2.20. The number of hydrogen-bond donors (Lipinski definition) is 2. The number of anilines is 1. The summed E-state index contributed by atoms with van der Waals surface area (Å²) in [6, 6.07) is 6.22. The molecular weight excluding hydrogens is 190 g/mol. The zero-order chi connectivity index (χ0) is 10.3. The number of β-amino-alcohol motifs (C(OH)–C–C–N with tert-alkyl or cyclic N) is 1. The van der Waals surface area contributed by atoms with Gasteiger partial charge in [-0.2, -0.15) is 5.10 Å². The number of nitrogens with one attached hydrogen (secondary N) is 1. The van der Waals surface area contributed by atoms with Crippen LogP contribution < -0.4 is 4.90 Å². The van der Waals surface area contributed by atoms with Crippen LogP contribution in [0.2, 0.25) is 0 Å². The molecule has 0 saturated carbocycles. The quantitative estimate of drug-likeness (QED) is 0.730. The van der Waals surface area contributed by atoms with Crippen LogP contribution in [0, 0.1) is 0 Å². The van der Waals surface area contributed by atoms with Crippen molar-refractivity contribution in [1.82, 2.24) is 10.2 Å². The monoisotopic (exact) mass is 203 g/mol. The Morgan fingerprint density at radius 2 is 2.40 bits per heavy atom. The van der Waals surface area contributed by atoms with E-state index >= 15 is 0 Å². The molecule has 1 fully saturated rings. The zero-order valence-corrected chi connectivity index (χ0v) is 8.35. The van der Waals surface area contributed by atoms with Crippen LogP contribution in [-0.2, 0) is 0 Å². The highest BCUT2D eigenvalue weighted by molar-refractivity contribution is 5.81. The fourth-order valence-electron chi connectivity index (χ4n) is 2.10. The van der Waals surface area contributed by atoms with Crippen molar-refractivity contribution in [3.05, 3.63) is 24.4 Å². The van der Waals surface area contributed by atoms with Crippen molar-refractivity contribution in [2.24, 2.45) is 0 Å². The molecule has 1 aliphatic rings. The molecule has 2 aromatic rings. The normalized spacial score (nSPS) is 21.4. The highest BCUT2D eigenvalue weighted by Crippen LogP contribution is 2.23. The Balaban J connectivity index is 1.97. The predicted octanol–water partition coefficient (Wildman–Crippen LogP) is 1.13. The van der Waals surface area contributed by atoms with Crippen molar-refractivity contribution in [3.63, 3.8) is 0 Å². The van der Waals surface area contributed by atoms with Crippen molar-refractivity contribution in [2.45, 2.75) is 12.5 Å². The van der Waals surface area contributed by atoms with E-state index in [0.717, 1.165) is 36.1 Å². The van der Waals surface area contributed by atoms with E-state index in [0.29, 0.717) is 0 Å². The molecule has 1 aromatic carbocycles. The molecule has 1 unspecified atom stereocenters. The summed E-state index contributed by atoms with van der Waals surface area (Å²) in [5.41, 5.74) is 2.21. The van der Waals surface area contributed by atoms with E-state index in [1.165, 1.54) is 0 Å². The number of aliphatic hydroxyl groups excluding tert-OH is 1. The Kier molecular flexibility index (Phi) is 1.89. The Bertz CT molecular complexity index is 479. The summed E-state index contributed by atoms with van der Waals surface area (Å²) in [5, 5.41) is 17.5. The number of benzene rings is 1. The van der Waals surface area contributed by atoms with Gasteiger partial charge in [0.15, 0.2) is 0 Å². The molecule has 2 heterocycles. The van der Waals surface area contributed by atoms with Crippen LogP contribution in [0.3, 0.4) is 0 Å². The summed E-state index contributed by atoms with van der Waals surface area (Å²) >= 11 is 0. The van der Waals surface area contributed by atoms with E-state index in [1.54, 1.807) is 0 Å². The average molecular weight is 203 g/mol. The van der Waals surface area contributed by atoms with Gasteiger partial charge in [-0.1, -0.05) is 0 Å². The standard InChI is InChI=1S/C11H13N3O/c15-10-3-4-14(7-10)9-2-1-8-6-12-13-11(8)5-9/h1-2,5-6,10,15H,3-4,7H2,(H,12,13). The van der Waals surface area contributed by atoms with Gasteiger partial charge >= 0.3 is 0 Å². The molecule has 0 radical (unpaired) electrons. The van der Waals surface area contributed by atoms with Gasteiger partial charge in [-0.3, -0.25) is 5.10 Å². The van der Waals surface area contributed by atoms with Crippen LogP contribution in [-0.4, -0.2) is 34.5 Å². The number of aliphatic hydroxyl groups is 1. The van der Waals surface area contributed by atoms with Gasteiger partial charge in [0, 0.05) is 24.2 Å². The number of aromatic nitrogens is 2. The second kappa shape index (κ2) is 3.24. The van der Waals surface area contributed by atoms with E-state index in [4.69, 9.17) is 0 Å². The number of rotatable bonds is 1. The highest BCUT2D eigenvalue weighted by atomic mass is 16.3. The first-order chi connectivity index (χ1) is 7.33. The Hall–Kier alpha value is -1.55. The molecule has 4 heteroatoms. The largest absolute Gasteiger partial charge is 0.391 e. The van der Waals surface area contributed by atoms with Crippen molar-refractivity contribution in [2.75, 3.05) is 18.0 Å². The molecule has 0 amide bonds. The van der Waals surface area contributed by atoms with Crippen molar-refractivity contribution in [3.8, 4) is 0 Å². The maximum Gasteiger partial charge on any atom is 0.0731 e. The maximum atomic E-state index is 9.47. The minimum Gasteiger partial charge on any atom is -0.391 e. The van der Waals surface area contributed by atoms with Crippen LogP contribution >= 0.6 is 0 Å². The fraction of sp³-hybridized carbons (Fsp3) is 0.364. The molecule has 1 atom stereocenters. The number of aromatic amines is 1. The Morgan fingerprint density at radius 3 is 3.20 bits per heavy atom. The average Bonchev–Trinajstić information content (AvgIpc) is 2.84. The third-order valence-electron chi connectivity index (χ3n) is 2.95. The summed E-state index contributed by atoms with van der Waals surface area (Å²) in [7, 11) is 0. The van der Waals surface area contributed by atoms with Gasteiger partial charge in [0.1, 0.15) is 0 Å². The third-order valence-corrected chi connectivity index (χ3v) is 2.95. The molecule has 78 valence electrons. The zero-order valence-electron chi connectivity index (χ0n) is 8.35. The molecule has 4 nitrogen and oxygen atoms in total. The smallest absolute Gasteiger partial charge is 0.0731 e. The molecule has 1 aliphatic heterocycles. The Labute approximate surface area is 87.5 Å². The summed E-state index contributed by atoms with van der Waals surface area (Å²) < 4.78 is 0. The minimum absolute atomic E-state index is 0.178. The molecule has 0 aliphatic carbocycles. The number of nitrogens with zero attached hydrogens (tertiary/aromatic N) is 2. The van der Waals surface area contributed by atoms with Crippen LogP contribution in [0.25, 0.3) is 10.9 Å². The lowest BCUT2D eigenvalue weighted by Crippen LogP contribution is -2.20. The van der Waals surface area contributed by atoms with Crippen molar-refractivity contribution >= 4 is 16.6 Å². The van der Waals surface area contributed by atoms with Crippen LogP contribution in [0.1, 0.15) is 6.42 Å². The van der Waals surface area contributed by atoms with E-state index in [1.807, 2.05) is 6.20 Å². The van der Waals surface area contributed by atoms with Gasteiger partial charge in [0.25, 0.3) is 0 Å². The van der Waals surface area contributed by atoms with E-state index in [9.17, 15) is 5.11 Å². The molecule has 3 rings (SSSR count). The van der Waals surface area contributed by atoms with Gasteiger partial charge < -0.3 is 10.0 Å². The number of H-pyrrole nitrogens is 1. The van der Waals surface area contributed by atoms with Crippen LogP contribution in [0.4, 0.5) is 5.69 Å².